The van der Waals surface area contributed by atoms with E-state index in [4.69, 9.17) is 0 Å². The SMILES string of the molecule is CCCCC/C=C/C(C=Nc1ccccc1)=Nc1ccccc1. The summed E-state index contributed by atoms with van der Waals surface area (Å²) in [7, 11) is 0. The quantitative estimate of drug-likeness (QED) is 0.404. The maximum absolute atomic E-state index is 4.67. The molecule has 0 aliphatic heterocycles. The highest BCUT2D eigenvalue weighted by Gasteiger charge is 1.93. The van der Waals surface area contributed by atoms with E-state index in [2.05, 4.69) is 29.1 Å². The van der Waals surface area contributed by atoms with E-state index in [9.17, 15) is 0 Å². The summed E-state index contributed by atoms with van der Waals surface area (Å²) in [6.45, 7) is 2.22. The van der Waals surface area contributed by atoms with Crippen molar-refractivity contribution >= 4 is 23.3 Å². The largest absolute Gasteiger partial charge is 0.255 e. The highest BCUT2D eigenvalue weighted by atomic mass is 14.8. The van der Waals surface area contributed by atoms with Gasteiger partial charge in [0, 0.05) is 0 Å². The van der Waals surface area contributed by atoms with Crippen LogP contribution >= 0.6 is 0 Å². The molecule has 0 heterocycles. The number of hydrogen-bond donors (Lipinski definition) is 0. The number of aliphatic imine (C=N–C) groups is 2. The van der Waals surface area contributed by atoms with Crippen LogP contribution in [0.3, 0.4) is 0 Å². The fraction of sp³-hybridized carbons (Fsp3) is 0.238. The summed E-state index contributed by atoms with van der Waals surface area (Å²) in [4.78, 5) is 9.18. The average molecular weight is 304 g/mol. The van der Waals surface area contributed by atoms with Gasteiger partial charge in [-0.1, -0.05) is 62.2 Å². The predicted molar refractivity (Wildman–Crippen MR) is 101 cm³/mol. The molecule has 0 aliphatic rings. The summed E-state index contributed by atoms with van der Waals surface area (Å²) in [6.07, 6.45) is 10.9. The van der Waals surface area contributed by atoms with E-state index in [1.54, 1.807) is 0 Å². The third-order valence-electron chi connectivity index (χ3n) is 3.38. The zero-order valence-corrected chi connectivity index (χ0v) is 13.7. The summed E-state index contributed by atoms with van der Waals surface area (Å²) < 4.78 is 0. The van der Waals surface area contributed by atoms with Gasteiger partial charge in [0.15, 0.2) is 0 Å². The van der Waals surface area contributed by atoms with Crippen LogP contribution < -0.4 is 0 Å². The number of benzene rings is 2. The molecule has 2 rings (SSSR count). The van der Waals surface area contributed by atoms with Gasteiger partial charge in [-0.15, -0.1) is 0 Å². The Bertz CT molecular complexity index is 640. The van der Waals surface area contributed by atoms with E-state index in [0.717, 1.165) is 23.5 Å². The smallest absolute Gasteiger partial charge is 0.0816 e. The summed E-state index contributed by atoms with van der Waals surface area (Å²) >= 11 is 0. The maximum Gasteiger partial charge on any atom is 0.0816 e. The molecule has 0 N–H and O–H groups in total. The molecule has 0 spiro atoms. The zero-order valence-electron chi connectivity index (χ0n) is 13.7. The van der Waals surface area contributed by atoms with Crippen LogP contribution in [0.1, 0.15) is 32.6 Å². The highest BCUT2D eigenvalue weighted by molar-refractivity contribution is 6.36. The van der Waals surface area contributed by atoms with Crippen molar-refractivity contribution in [2.24, 2.45) is 9.98 Å². The summed E-state index contributed by atoms with van der Waals surface area (Å²) in [5.41, 5.74) is 2.75. The molecule has 0 atom stereocenters. The van der Waals surface area contributed by atoms with Gasteiger partial charge in [-0.25, -0.2) is 4.99 Å². The van der Waals surface area contributed by atoms with Crippen molar-refractivity contribution in [2.75, 3.05) is 0 Å². The molecule has 2 heteroatoms. The molecule has 0 fully saturated rings. The minimum Gasteiger partial charge on any atom is -0.255 e. The molecule has 2 aromatic rings. The normalized spacial score (nSPS) is 12.3. The summed E-state index contributed by atoms with van der Waals surface area (Å²) in [5.74, 6) is 0. The standard InChI is InChI=1S/C21H24N2/c1-2-3-4-5-8-17-21(23-20-15-11-7-12-16-20)18-22-19-13-9-6-10-14-19/h6-18H,2-5H2,1H3/b17-8+,22-18?,23-21?. The lowest BCUT2D eigenvalue weighted by atomic mass is 10.2. The zero-order chi connectivity index (χ0) is 16.2. The molecular weight excluding hydrogens is 280 g/mol. The van der Waals surface area contributed by atoms with Crippen molar-refractivity contribution in [1.82, 2.24) is 0 Å². The summed E-state index contributed by atoms with van der Waals surface area (Å²) in [6, 6.07) is 19.9. The van der Waals surface area contributed by atoms with E-state index in [0.29, 0.717) is 0 Å². The second-order valence-corrected chi connectivity index (χ2v) is 5.36. The molecule has 23 heavy (non-hydrogen) atoms. The van der Waals surface area contributed by atoms with Crippen LogP contribution in [0.5, 0.6) is 0 Å². The Balaban J connectivity index is 2.11. The second kappa shape index (κ2) is 10.3. The van der Waals surface area contributed by atoms with Crippen LogP contribution in [0.2, 0.25) is 0 Å². The topological polar surface area (TPSA) is 24.7 Å². The molecule has 0 amide bonds. The lowest BCUT2D eigenvalue weighted by Gasteiger charge is -1.97. The van der Waals surface area contributed by atoms with Gasteiger partial charge in [0.05, 0.1) is 23.3 Å². The highest BCUT2D eigenvalue weighted by Crippen LogP contribution is 2.12. The number of nitrogens with zero attached hydrogens (tertiary/aromatic N) is 2. The Hall–Kier alpha value is -2.48. The average Bonchev–Trinajstić information content (AvgIpc) is 2.61. The molecule has 0 bridgehead atoms. The number of para-hydroxylation sites is 2. The van der Waals surface area contributed by atoms with Crippen LogP contribution in [0.25, 0.3) is 0 Å². The third-order valence-corrected chi connectivity index (χ3v) is 3.38. The Morgan fingerprint density at radius 1 is 0.870 bits per heavy atom. The van der Waals surface area contributed by atoms with Gasteiger partial charge in [-0.3, -0.25) is 4.99 Å². The first-order chi connectivity index (χ1) is 11.4. The maximum atomic E-state index is 4.67. The number of allylic oxidation sites excluding steroid dienone is 2. The number of rotatable bonds is 8. The second-order valence-electron chi connectivity index (χ2n) is 5.36. The van der Waals surface area contributed by atoms with Crippen LogP contribution in [0.4, 0.5) is 11.4 Å². The Kier molecular flexibility index (Phi) is 7.55. The van der Waals surface area contributed by atoms with E-state index in [-0.39, 0.29) is 0 Å². The van der Waals surface area contributed by atoms with Crippen molar-refractivity contribution < 1.29 is 0 Å². The van der Waals surface area contributed by atoms with E-state index < -0.39 is 0 Å². The first kappa shape index (κ1) is 16.9. The molecule has 0 radical (unpaired) electrons. The molecule has 0 unspecified atom stereocenters. The van der Waals surface area contributed by atoms with Gasteiger partial charge in [-0.05, 0) is 43.2 Å². The summed E-state index contributed by atoms with van der Waals surface area (Å²) in [5, 5.41) is 0. The van der Waals surface area contributed by atoms with Crippen LogP contribution in [-0.2, 0) is 0 Å². The first-order valence-corrected chi connectivity index (χ1v) is 8.28. The lowest BCUT2D eigenvalue weighted by molar-refractivity contribution is 0.729. The fourth-order valence-corrected chi connectivity index (χ4v) is 2.13. The van der Waals surface area contributed by atoms with E-state index in [1.165, 1.54) is 19.3 Å². The van der Waals surface area contributed by atoms with Gasteiger partial charge in [-0.2, -0.15) is 0 Å². The number of unbranched alkanes of at least 4 members (excludes halogenated alkanes) is 3. The lowest BCUT2D eigenvalue weighted by Crippen LogP contribution is -1.94. The molecule has 0 saturated heterocycles. The van der Waals surface area contributed by atoms with E-state index in [1.807, 2.05) is 66.9 Å². The van der Waals surface area contributed by atoms with Gasteiger partial charge in [0.25, 0.3) is 0 Å². The molecule has 2 nitrogen and oxygen atoms in total. The molecule has 2 aromatic carbocycles. The van der Waals surface area contributed by atoms with Gasteiger partial charge < -0.3 is 0 Å². The molecule has 0 aromatic heterocycles. The van der Waals surface area contributed by atoms with Crippen molar-refractivity contribution in [3.63, 3.8) is 0 Å². The Morgan fingerprint density at radius 3 is 2.17 bits per heavy atom. The third kappa shape index (κ3) is 6.88. The molecule has 0 saturated carbocycles. The molecule has 0 aliphatic carbocycles. The van der Waals surface area contributed by atoms with Crippen molar-refractivity contribution in [3.8, 4) is 0 Å². The molecular formula is C21H24N2. The Labute approximate surface area is 139 Å². The van der Waals surface area contributed by atoms with Crippen LogP contribution in [-0.4, -0.2) is 11.9 Å². The van der Waals surface area contributed by atoms with Crippen LogP contribution in [0.15, 0.2) is 82.8 Å². The van der Waals surface area contributed by atoms with Crippen molar-refractivity contribution in [3.05, 3.63) is 72.8 Å². The Morgan fingerprint density at radius 2 is 1.52 bits per heavy atom. The van der Waals surface area contributed by atoms with Crippen molar-refractivity contribution in [2.45, 2.75) is 32.6 Å². The number of hydrogen-bond acceptors (Lipinski definition) is 2. The van der Waals surface area contributed by atoms with Crippen LogP contribution in [0, 0.1) is 0 Å². The fourth-order valence-electron chi connectivity index (χ4n) is 2.13. The monoisotopic (exact) mass is 304 g/mol. The first-order valence-electron chi connectivity index (χ1n) is 8.28. The van der Waals surface area contributed by atoms with Gasteiger partial charge in [0.1, 0.15) is 0 Å². The minimum absolute atomic E-state index is 0.872. The van der Waals surface area contributed by atoms with Gasteiger partial charge >= 0.3 is 0 Å². The molecule has 118 valence electrons. The predicted octanol–water partition coefficient (Wildman–Crippen LogP) is 6.30. The minimum atomic E-state index is 0.872. The van der Waals surface area contributed by atoms with Gasteiger partial charge in [0.2, 0.25) is 0 Å². The van der Waals surface area contributed by atoms with E-state index >= 15 is 0 Å². The van der Waals surface area contributed by atoms with Crippen molar-refractivity contribution in [1.29, 1.82) is 0 Å².